The standard InChI is InChI=1S/C12H15F2NO/c1-3-4-12(16)15(2)8-9-5-6-10(13)7-11(9)14/h5-7H,3-4,8H2,1-2H3. The topological polar surface area (TPSA) is 20.3 Å². The van der Waals surface area contributed by atoms with Gasteiger partial charge in [0.25, 0.3) is 0 Å². The van der Waals surface area contributed by atoms with Crippen LogP contribution < -0.4 is 0 Å². The van der Waals surface area contributed by atoms with Crippen LogP contribution >= 0.6 is 0 Å². The minimum Gasteiger partial charge on any atom is -0.341 e. The van der Waals surface area contributed by atoms with E-state index in [2.05, 4.69) is 0 Å². The van der Waals surface area contributed by atoms with Crippen molar-refractivity contribution < 1.29 is 13.6 Å². The van der Waals surface area contributed by atoms with Gasteiger partial charge in [0.2, 0.25) is 5.91 Å². The largest absolute Gasteiger partial charge is 0.341 e. The molecule has 16 heavy (non-hydrogen) atoms. The van der Waals surface area contributed by atoms with Gasteiger partial charge in [0.15, 0.2) is 0 Å². The molecule has 1 rings (SSSR count). The van der Waals surface area contributed by atoms with Crippen molar-refractivity contribution in [1.82, 2.24) is 4.90 Å². The van der Waals surface area contributed by atoms with Crippen LogP contribution in [0, 0.1) is 11.6 Å². The van der Waals surface area contributed by atoms with Gasteiger partial charge >= 0.3 is 0 Å². The summed E-state index contributed by atoms with van der Waals surface area (Å²) in [4.78, 5) is 12.9. The lowest BCUT2D eigenvalue weighted by molar-refractivity contribution is -0.130. The maximum atomic E-state index is 13.3. The van der Waals surface area contributed by atoms with E-state index in [1.807, 2.05) is 6.92 Å². The van der Waals surface area contributed by atoms with Gasteiger partial charge in [-0.15, -0.1) is 0 Å². The number of rotatable bonds is 4. The molecule has 88 valence electrons. The van der Waals surface area contributed by atoms with Crippen molar-refractivity contribution in [2.75, 3.05) is 7.05 Å². The van der Waals surface area contributed by atoms with Crippen LogP contribution in [-0.4, -0.2) is 17.9 Å². The van der Waals surface area contributed by atoms with Crippen LogP contribution in [0.1, 0.15) is 25.3 Å². The molecule has 0 fully saturated rings. The van der Waals surface area contributed by atoms with Gasteiger partial charge in [-0.1, -0.05) is 13.0 Å². The van der Waals surface area contributed by atoms with Crippen molar-refractivity contribution in [1.29, 1.82) is 0 Å². The van der Waals surface area contributed by atoms with Crippen molar-refractivity contribution in [3.8, 4) is 0 Å². The molecule has 1 aromatic rings. The molecule has 0 unspecified atom stereocenters. The predicted octanol–water partition coefficient (Wildman–Crippen LogP) is 2.72. The fourth-order valence-electron chi connectivity index (χ4n) is 1.40. The van der Waals surface area contributed by atoms with Crippen LogP contribution in [0.25, 0.3) is 0 Å². The van der Waals surface area contributed by atoms with Crippen LogP contribution in [0.2, 0.25) is 0 Å². The Kier molecular flexibility index (Phi) is 4.40. The Morgan fingerprint density at radius 1 is 1.38 bits per heavy atom. The van der Waals surface area contributed by atoms with Crippen molar-refractivity contribution in [3.63, 3.8) is 0 Å². The van der Waals surface area contributed by atoms with Crippen LogP contribution in [0.3, 0.4) is 0 Å². The van der Waals surface area contributed by atoms with E-state index in [1.54, 1.807) is 7.05 Å². The Hall–Kier alpha value is -1.45. The Balaban J connectivity index is 2.69. The smallest absolute Gasteiger partial charge is 0.222 e. The SMILES string of the molecule is CCCC(=O)N(C)Cc1ccc(F)cc1F. The molecule has 0 aliphatic rings. The highest BCUT2D eigenvalue weighted by Crippen LogP contribution is 2.12. The molecule has 0 spiro atoms. The molecule has 0 aliphatic heterocycles. The summed E-state index contributed by atoms with van der Waals surface area (Å²) in [6.07, 6.45) is 1.20. The van der Waals surface area contributed by atoms with Gasteiger partial charge in [-0.3, -0.25) is 4.79 Å². The summed E-state index contributed by atoms with van der Waals surface area (Å²) in [5.41, 5.74) is 0.327. The second kappa shape index (κ2) is 5.58. The molecular formula is C12H15F2NO. The van der Waals surface area contributed by atoms with E-state index < -0.39 is 11.6 Å². The molecule has 0 saturated heterocycles. The van der Waals surface area contributed by atoms with Crippen LogP contribution in [0.4, 0.5) is 8.78 Å². The quantitative estimate of drug-likeness (QED) is 0.774. The number of hydrogen-bond acceptors (Lipinski definition) is 1. The maximum Gasteiger partial charge on any atom is 0.222 e. The van der Waals surface area contributed by atoms with E-state index in [-0.39, 0.29) is 12.5 Å². The summed E-state index contributed by atoms with van der Waals surface area (Å²) >= 11 is 0. The second-order valence-electron chi connectivity index (χ2n) is 3.74. The van der Waals surface area contributed by atoms with Gasteiger partial charge in [0, 0.05) is 31.6 Å². The van der Waals surface area contributed by atoms with E-state index in [4.69, 9.17) is 0 Å². The molecule has 4 heteroatoms. The molecule has 0 bridgehead atoms. The van der Waals surface area contributed by atoms with E-state index >= 15 is 0 Å². The first kappa shape index (κ1) is 12.6. The summed E-state index contributed by atoms with van der Waals surface area (Å²) in [6, 6.07) is 3.38. The minimum absolute atomic E-state index is 0.0359. The number of carbonyl (C=O) groups is 1. The number of nitrogens with zero attached hydrogens (tertiary/aromatic N) is 1. The fourth-order valence-corrected chi connectivity index (χ4v) is 1.40. The van der Waals surface area contributed by atoms with E-state index in [0.29, 0.717) is 12.0 Å². The molecule has 2 nitrogen and oxygen atoms in total. The highest BCUT2D eigenvalue weighted by atomic mass is 19.1. The zero-order chi connectivity index (χ0) is 12.1. The molecule has 1 aromatic carbocycles. The number of amides is 1. The summed E-state index contributed by atoms with van der Waals surface area (Å²) in [5.74, 6) is -1.26. The Morgan fingerprint density at radius 3 is 2.62 bits per heavy atom. The number of benzene rings is 1. The van der Waals surface area contributed by atoms with Gasteiger partial charge in [-0.2, -0.15) is 0 Å². The highest BCUT2D eigenvalue weighted by Gasteiger charge is 2.11. The van der Waals surface area contributed by atoms with Gasteiger partial charge in [0.1, 0.15) is 11.6 Å². The van der Waals surface area contributed by atoms with E-state index in [1.165, 1.54) is 17.0 Å². The lowest BCUT2D eigenvalue weighted by Gasteiger charge is -2.17. The van der Waals surface area contributed by atoms with Crippen LogP contribution in [0.15, 0.2) is 18.2 Å². The monoisotopic (exact) mass is 227 g/mol. The van der Waals surface area contributed by atoms with Crippen molar-refractivity contribution >= 4 is 5.91 Å². The lowest BCUT2D eigenvalue weighted by Crippen LogP contribution is -2.26. The Morgan fingerprint density at radius 2 is 2.06 bits per heavy atom. The summed E-state index contributed by atoms with van der Waals surface area (Å²) in [6.45, 7) is 2.08. The summed E-state index contributed by atoms with van der Waals surface area (Å²) in [5, 5.41) is 0. The van der Waals surface area contributed by atoms with E-state index in [9.17, 15) is 13.6 Å². The zero-order valence-electron chi connectivity index (χ0n) is 9.46. The van der Waals surface area contributed by atoms with Gasteiger partial charge in [-0.25, -0.2) is 8.78 Å². The summed E-state index contributed by atoms with van der Waals surface area (Å²) in [7, 11) is 1.61. The normalized spacial score (nSPS) is 10.2. The molecule has 0 N–H and O–H groups in total. The van der Waals surface area contributed by atoms with Gasteiger partial charge in [-0.05, 0) is 12.5 Å². The third kappa shape index (κ3) is 3.29. The van der Waals surface area contributed by atoms with Gasteiger partial charge < -0.3 is 4.90 Å². The fraction of sp³-hybridized carbons (Fsp3) is 0.417. The molecule has 1 amide bonds. The second-order valence-corrected chi connectivity index (χ2v) is 3.74. The molecule has 0 heterocycles. The number of hydrogen-bond donors (Lipinski definition) is 0. The van der Waals surface area contributed by atoms with Crippen LogP contribution in [0.5, 0.6) is 0 Å². The number of halogens is 2. The molecule has 0 aliphatic carbocycles. The first-order valence-electron chi connectivity index (χ1n) is 5.22. The molecule has 0 saturated carbocycles. The average Bonchev–Trinajstić information content (AvgIpc) is 2.22. The van der Waals surface area contributed by atoms with Crippen molar-refractivity contribution in [2.45, 2.75) is 26.3 Å². The highest BCUT2D eigenvalue weighted by molar-refractivity contribution is 5.75. The molecule has 0 aromatic heterocycles. The third-order valence-corrected chi connectivity index (χ3v) is 2.31. The lowest BCUT2D eigenvalue weighted by atomic mass is 10.2. The molecule has 0 radical (unpaired) electrons. The number of carbonyl (C=O) groups excluding carboxylic acids is 1. The van der Waals surface area contributed by atoms with Crippen LogP contribution in [-0.2, 0) is 11.3 Å². The minimum atomic E-state index is -0.615. The Labute approximate surface area is 93.9 Å². The zero-order valence-corrected chi connectivity index (χ0v) is 9.46. The Bertz CT molecular complexity index is 379. The third-order valence-electron chi connectivity index (χ3n) is 2.31. The first-order valence-corrected chi connectivity index (χ1v) is 5.22. The molecule has 0 atom stereocenters. The summed E-state index contributed by atoms with van der Waals surface area (Å²) < 4.78 is 25.9. The van der Waals surface area contributed by atoms with Crippen molar-refractivity contribution in [2.24, 2.45) is 0 Å². The van der Waals surface area contributed by atoms with Crippen molar-refractivity contribution in [3.05, 3.63) is 35.4 Å². The van der Waals surface area contributed by atoms with E-state index in [0.717, 1.165) is 12.5 Å². The van der Waals surface area contributed by atoms with Gasteiger partial charge in [0.05, 0.1) is 0 Å². The molecular weight excluding hydrogens is 212 g/mol. The maximum absolute atomic E-state index is 13.3. The first-order chi connectivity index (χ1) is 7.54. The average molecular weight is 227 g/mol. The predicted molar refractivity (Wildman–Crippen MR) is 57.7 cm³/mol.